The quantitative estimate of drug-likeness (QED) is 0.627. The Morgan fingerprint density at radius 1 is 1.33 bits per heavy atom. The number of benzene rings is 1. The van der Waals surface area contributed by atoms with E-state index in [9.17, 15) is 9.59 Å². The summed E-state index contributed by atoms with van der Waals surface area (Å²) < 4.78 is 1.52. The van der Waals surface area contributed by atoms with Gasteiger partial charge in [-0.1, -0.05) is 30.3 Å². The van der Waals surface area contributed by atoms with Crippen molar-refractivity contribution in [2.75, 3.05) is 26.4 Å². The fourth-order valence-electron chi connectivity index (χ4n) is 2.75. The van der Waals surface area contributed by atoms with Crippen LogP contribution in [0.25, 0.3) is 4.96 Å². The lowest BCUT2D eigenvalue weighted by Crippen LogP contribution is -2.35. The molecule has 0 aliphatic heterocycles. The second-order valence-electron chi connectivity index (χ2n) is 6.33. The molecular weight excluding hydrogens is 380 g/mol. The van der Waals surface area contributed by atoms with Crippen molar-refractivity contribution in [3.63, 3.8) is 0 Å². The van der Waals surface area contributed by atoms with E-state index in [1.54, 1.807) is 6.20 Å². The second kappa shape index (κ2) is 9.16. The van der Waals surface area contributed by atoms with Gasteiger partial charge in [-0.2, -0.15) is 0 Å². The molecule has 1 unspecified atom stereocenters. The third kappa shape index (κ3) is 5.18. The summed E-state index contributed by atoms with van der Waals surface area (Å²) in [6.07, 6.45) is 1.72. The Hall–Kier alpha value is -2.16. The molecule has 0 fully saturated rings. The minimum atomic E-state index is -0.0852. The normalized spacial score (nSPS) is 12.4. The summed E-state index contributed by atoms with van der Waals surface area (Å²) in [5.41, 5.74) is 1.79. The zero-order chi connectivity index (χ0) is 19.2. The second-order valence-corrected chi connectivity index (χ2v) is 8.19. The number of nitrogens with zero attached hydrogens (tertiary/aromatic N) is 3. The van der Waals surface area contributed by atoms with Gasteiger partial charge in [0.05, 0.1) is 17.5 Å². The van der Waals surface area contributed by atoms with Gasteiger partial charge in [0.15, 0.2) is 4.96 Å². The van der Waals surface area contributed by atoms with Crippen LogP contribution >= 0.6 is 23.1 Å². The number of carbonyl (C=O) groups excluding carboxylic acids is 1. The van der Waals surface area contributed by atoms with Gasteiger partial charge < -0.3 is 10.2 Å². The molecule has 2 aromatic heterocycles. The van der Waals surface area contributed by atoms with Crippen LogP contribution in [0.4, 0.5) is 0 Å². The molecule has 6 nitrogen and oxygen atoms in total. The zero-order valence-corrected chi connectivity index (χ0v) is 16.9. The summed E-state index contributed by atoms with van der Waals surface area (Å²) in [7, 11) is 4.01. The summed E-state index contributed by atoms with van der Waals surface area (Å²) in [5, 5.41) is 4.84. The number of likely N-dealkylation sites (N-methyl/N-ethyl adjacent to an activating group) is 1. The summed E-state index contributed by atoms with van der Waals surface area (Å²) in [6, 6.07) is 11.8. The van der Waals surface area contributed by atoms with Crippen LogP contribution in [0, 0.1) is 0 Å². The number of hydrogen-bond donors (Lipinski definition) is 1. The molecule has 3 aromatic rings. The van der Waals surface area contributed by atoms with Gasteiger partial charge in [0.2, 0.25) is 5.91 Å². The van der Waals surface area contributed by atoms with Crippen LogP contribution in [0.3, 0.4) is 0 Å². The van der Waals surface area contributed by atoms with Gasteiger partial charge in [-0.15, -0.1) is 23.1 Å². The molecule has 0 bridgehead atoms. The van der Waals surface area contributed by atoms with Crippen LogP contribution in [0.2, 0.25) is 0 Å². The maximum Gasteiger partial charge on any atom is 0.258 e. The number of thiazole rings is 1. The highest BCUT2D eigenvalue weighted by molar-refractivity contribution is 7.99. The molecule has 1 aromatic carbocycles. The smallest absolute Gasteiger partial charge is 0.258 e. The molecule has 1 amide bonds. The minimum absolute atomic E-state index is 0.0169. The molecule has 8 heteroatoms. The topological polar surface area (TPSA) is 66.7 Å². The van der Waals surface area contributed by atoms with Crippen molar-refractivity contribution in [3.05, 3.63) is 69.6 Å². The van der Waals surface area contributed by atoms with E-state index in [1.807, 2.05) is 37.7 Å². The Balaban J connectivity index is 1.49. The monoisotopic (exact) mass is 402 g/mol. The van der Waals surface area contributed by atoms with E-state index in [2.05, 4.69) is 27.3 Å². The average Bonchev–Trinajstić information content (AvgIpc) is 3.12. The molecule has 142 valence electrons. The number of fused-ring (bicyclic) bond motifs is 1. The van der Waals surface area contributed by atoms with Crippen LogP contribution in [-0.4, -0.2) is 46.6 Å². The summed E-state index contributed by atoms with van der Waals surface area (Å²) in [6.45, 7) is 0.553. The number of nitrogens with one attached hydrogen (secondary N) is 1. The Labute approximate surface area is 166 Å². The van der Waals surface area contributed by atoms with E-state index in [-0.39, 0.29) is 17.5 Å². The van der Waals surface area contributed by atoms with Crippen LogP contribution in [-0.2, 0) is 10.5 Å². The van der Waals surface area contributed by atoms with Crippen molar-refractivity contribution in [1.29, 1.82) is 0 Å². The van der Waals surface area contributed by atoms with Crippen LogP contribution < -0.4 is 10.9 Å². The molecular formula is C19H22N4O2S2. The van der Waals surface area contributed by atoms with Gasteiger partial charge in [-0.3, -0.25) is 14.0 Å². The summed E-state index contributed by atoms with van der Waals surface area (Å²) >= 11 is 2.88. The number of amides is 1. The highest BCUT2D eigenvalue weighted by Crippen LogP contribution is 2.17. The lowest BCUT2D eigenvalue weighted by atomic mass is 10.1. The van der Waals surface area contributed by atoms with E-state index in [0.717, 1.165) is 0 Å². The number of carbonyl (C=O) groups is 1. The predicted octanol–water partition coefficient (Wildman–Crippen LogP) is 2.41. The average molecular weight is 403 g/mol. The van der Waals surface area contributed by atoms with Crippen LogP contribution in [0.5, 0.6) is 0 Å². The summed E-state index contributed by atoms with van der Waals surface area (Å²) in [5.74, 6) is 0.851. The standard InChI is InChI=1S/C19H22N4O2S2/c1-22(2)16(14-6-4-3-5-7-14)11-20-17(24)13-26-12-15-10-18(25)23-8-9-27-19(23)21-15/h3-10,16H,11-13H2,1-2H3,(H,20,24). The number of hydrogen-bond acceptors (Lipinski definition) is 6. The number of aromatic nitrogens is 2. The molecule has 2 heterocycles. The van der Waals surface area contributed by atoms with Crippen molar-refractivity contribution in [2.45, 2.75) is 11.8 Å². The van der Waals surface area contributed by atoms with Crippen molar-refractivity contribution in [3.8, 4) is 0 Å². The Morgan fingerprint density at radius 2 is 2.11 bits per heavy atom. The van der Waals surface area contributed by atoms with Gasteiger partial charge in [0.25, 0.3) is 5.56 Å². The SMILES string of the molecule is CN(C)C(CNC(=O)CSCc1cc(=O)n2ccsc2n1)c1ccccc1. The Bertz CT molecular complexity index is 953. The van der Waals surface area contributed by atoms with Crippen molar-refractivity contribution >= 4 is 34.0 Å². The molecule has 0 spiro atoms. The van der Waals surface area contributed by atoms with E-state index >= 15 is 0 Å². The van der Waals surface area contributed by atoms with Crippen molar-refractivity contribution in [2.24, 2.45) is 0 Å². The van der Waals surface area contributed by atoms with E-state index in [1.165, 1.54) is 39.1 Å². The maximum atomic E-state index is 12.2. The number of rotatable bonds is 8. The van der Waals surface area contributed by atoms with Crippen molar-refractivity contribution in [1.82, 2.24) is 19.6 Å². The molecule has 0 radical (unpaired) electrons. The van der Waals surface area contributed by atoms with Crippen LogP contribution in [0.15, 0.2) is 52.8 Å². The third-order valence-corrected chi connectivity index (χ3v) is 5.86. The van der Waals surface area contributed by atoms with Gasteiger partial charge in [0.1, 0.15) is 0 Å². The Morgan fingerprint density at radius 3 is 2.85 bits per heavy atom. The highest BCUT2D eigenvalue weighted by Gasteiger charge is 2.15. The Kier molecular flexibility index (Phi) is 6.65. The highest BCUT2D eigenvalue weighted by atomic mass is 32.2. The van der Waals surface area contributed by atoms with E-state index < -0.39 is 0 Å². The predicted molar refractivity (Wildman–Crippen MR) is 111 cm³/mol. The molecule has 1 N–H and O–H groups in total. The van der Waals surface area contributed by atoms with Gasteiger partial charge >= 0.3 is 0 Å². The first-order valence-corrected chi connectivity index (χ1v) is 10.6. The fraction of sp³-hybridized carbons (Fsp3) is 0.316. The number of thioether (sulfide) groups is 1. The van der Waals surface area contributed by atoms with Gasteiger partial charge in [-0.25, -0.2) is 4.98 Å². The molecule has 0 aliphatic carbocycles. The van der Waals surface area contributed by atoms with E-state index in [0.29, 0.717) is 28.7 Å². The maximum absolute atomic E-state index is 12.2. The van der Waals surface area contributed by atoms with Gasteiger partial charge in [-0.05, 0) is 19.7 Å². The first kappa shape index (κ1) is 19.6. The van der Waals surface area contributed by atoms with Crippen molar-refractivity contribution < 1.29 is 4.79 Å². The molecule has 1 atom stereocenters. The summed E-state index contributed by atoms with van der Waals surface area (Å²) in [4.78, 5) is 31.4. The first-order valence-electron chi connectivity index (χ1n) is 8.56. The third-order valence-electron chi connectivity index (χ3n) is 4.14. The van der Waals surface area contributed by atoms with E-state index in [4.69, 9.17) is 0 Å². The fourth-order valence-corrected chi connectivity index (χ4v) is 4.23. The van der Waals surface area contributed by atoms with Gasteiger partial charge in [0, 0.05) is 29.9 Å². The van der Waals surface area contributed by atoms with Crippen LogP contribution in [0.1, 0.15) is 17.3 Å². The zero-order valence-electron chi connectivity index (χ0n) is 15.3. The molecule has 3 rings (SSSR count). The minimum Gasteiger partial charge on any atom is -0.353 e. The molecule has 0 saturated carbocycles. The molecule has 27 heavy (non-hydrogen) atoms. The molecule has 0 saturated heterocycles. The lowest BCUT2D eigenvalue weighted by Gasteiger charge is -2.25. The largest absolute Gasteiger partial charge is 0.353 e. The first-order chi connectivity index (χ1) is 13.0. The molecule has 0 aliphatic rings. The lowest BCUT2D eigenvalue weighted by molar-refractivity contribution is -0.118.